The maximum Gasteiger partial charge on any atom is 0.298 e. The van der Waals surface area contributed by atoms with Gasteiger partial charge in [-0.25, -0.2) is 0 Å². The summed E-state index contributed by atoms with van der Waals surface area (Å²) >= 11 is 1.26. The molecule has 1 aromatic carbocycles. The molecule has 5 heteroatoms. The number of hydrogen-bond acceptors (Lipinski definition) is 5. The van der Waals surface area contributed by atoms with E-state index in [0.29, 0.717) is 16.9 Å². The van der Waals surface area contributed by atoms with Gasteiger partial charge in [-0.05, 0) is 12.1 Å². The van der Waals surface area contributed by atoms with Crippen molar-refractivity contribution in [3.8, 4) is 22.2 Å². The molecule has 0 aliphatic carbocycles. The van der Waals surface area contributed by atoms with E-state index in [9.17, 15) is 0 Å². The minimum Gasteiger partial charge on any atom is -0.428 e. The number of rotatable bonds is 4. The van der Waals surface area contributed by atoms with Crippen LogP contribution in [-0.2, 0) is 0 Å². The molecule has 0 saturated heterocycles. The number of nitrogens with zero attached hydrogens (tertiary/aromatic N) is 3. The van der Waals surface area contributed by atoms with Crippen LogP contribution in [0.2, 0.25) is 0 Å². The third-order valence-electron chi connectivity index (χ3n) is 2.95. The van der Waals surface area contributed by atoms with E-state index in [1.807, 2.05) is 42.5 Å². The van der Waals surface area contributed by atoms with Gasteiger partial charge < -0.3 is 4.74 Å². The van der Waals surface area contributed by atoms with Crippen molar-refractivity contribution in [1.82, 2.24) is 14.3 Å². The zero-order chi connectivity index (χ0) is 14.7. The molecule has 4 nitrogen and oxygen atoms in total. The summed E-state index contributed by atoms with van der Waals surface area (Å²) in [6.07, 6.45) is 1.71. The lowest BCUT2D eigenvalue weighted by Gasteiger charge is -2.03. The van der Waals surface area contributed by atoms with Gasteiger partial charge in [0.1, 0.15) is 11.6 Å². The molecular weight excluding hydrogens is 282 g/mol. The van der Waals surface area contributed by atoms with Gasteiger partial charge in [0, 0.05) is 23.0 Å². The lowest BCUT2D eigenvalue weighted by Crippen LogP contribution is -1.90. The monoisotopic (exact) mass is 297 g/mol. The first-order valence-corrected chi connectivity index (χ1v) is 7.52. The normalized spacial score (nSPS) is 10.8. The van der Waals surface area contributed by atoms with Crippen molar-refractivity contribution in [1.29, 1.82) is 0 Å². The van der Waals surface area contributed by atoms with Gasteiger partial charge >= 0.3 is 0 Å². The summed E-state index contributed by atoms with van der Waals surface area (Å²) in [6, 6.07) is 13.9. The van der Waals surface area contributed by atoms with Crippen molar-refractivity contribution in [2.75, 3.05) is 0 Å². The van der Waals surface area contributed by atoms with Crippen LogP contribution < -0.4 is 4.74 Å². The number of ether oxygens (including phenoxy) is 1. The molecule has 0 aliphatic heterocycles. The Morgan fingerprint density at radius 2 is 1.86 bits per heavy atom. The SMILES string of the molecule is CC(C)c1nsc(Oc2ccc(-c3ccccc3)nc2)n1. The van der Waals surface area contributed by atoms with Gasteiger partial charge in [0.05, 0.1) is 11.9 Å². The van der Waals surface area contributed by atoms with Gasteiger partial charge in [-0.15, -0.1) is 0 Å². The van der Waals surface area contributed by atoms with Gasteiger partial charge in [0.15, 0.2) is 0 Å². The molecule has 2 aromatic heterocycles. The smallest absolute Gasteiger partial charge is 0.298 e. The maximum atomic E-state index is 5.68. The molecule has 0 unspecified atom stereocenters. The number of hydrogen-bond donors (Lipinski definition) is 0. The molecule has 0 atom stereocenters. The molecule has 3 aromatic rings. The molecule has 0 saturated carbocycles. The van der Waals surface area contributed by atoms with E-state index in [0.717, 1.165) is 17.1 Å². The molecule has 21 heavy (non-hydrogen) atoms. The predicted molar refractivity (Wildman–Crippen MR) is 83.7 cm³/mol. The Kier molecular flexibility index (Phi) is 3.92. The van der Waals surface area contributed by atoms with Gasteiger partial charge in [-0.2, -0.15) is 9.36 Å². The predicted octanol–water partition coefficient (Wildman–Crippen LogP) is 4.52. The Morgan fingerprint density at radius 1 is 1.05 bits per heavy atom. The summed E-state index contributed by atoms with van der Waals surface area (Å²) in [5, 5.41) is 0.549. The topological polar surface area (TPSA) is 47.9 Å². The van der Waals surface area contributed by atoms with Crippen molar-refractivity contribution >= 4 is 11.5 Å². The zero-order valence-electron chi connectivity index (χ0n) is 11.9. The molecule has 0 fully saturated rings. The summed E-state index contributed by atoms with van der Waals surface area (Å²) in [5.74, 6) is 1.78. The molecule has 0 radical (unpaired) electrons. The first-order valence-electron chi connectivity index (χ1n) is 6.75. The quantitative estimate of drug-likeness (QED) is 0.710. The highest BCUT2D eigenvalue weighted by molar-refractivity contribution is 7.07. The van der Waals surface area contributed by atoms with Crippen LogP contribution in [0.3, 0.4) is 0 Å². The number of benzene rings is 1. The molecule has 3 rings (SSSR count). The third kappa shape index (κ3) is 3.25. The van der Waals surface area contributed by atoms with E-state index in [1.54, 1.807) is 6.20 Å². The fourth-order valence-corrected chi connectivity index (χ4v) is 2.51. The minimum absolute atomic E-state index is 0.303. The van der Waals surface area contributed by atoms with E-state index in [1.165, 1.54) is 11.5 Å². The van der Waals surface area contributed by atoms with Crippen LogP contribution in [0, 0.1) is 0 Å². The highest BCUT2D eigenvalue weighted by Crippen LogP contribution is 2.26. The fraction of sp³-hybridized carbons (Fsp3) is 0.188. The molecule has 0 bridgehead atoms. The summed E-state index contributed by atoms with van der Waals surface area (Å²) in [7, 11) is 0. The van der Waals surface area contributed by atoms with E-state index in [4.69, 9.17) is 4.74 Å². The second-order valence-corrected chi connectivity index (χ2v) is 5.63. The van der Waals surface area contributed by atoms with Crippen molar-refractivity contribution in [3.63, 3.8) is 0 Å². The molecule has 2 heterocycles. The maximum absolute atomic E-state index is 5.68. The summed E-state index contributed by atoms with van der Waals surface area (Å²) in [6.45, 7) is 4.12. The second kappa shape index (κ2) is 6.01. The molecule has 0 amide bonds. The van der Waals surface area contributed by atoms with Crippen LogP contribution in [-0.4, -0.2) is 14.3 Å². The van der Waals surface area contributed by atoms with E-state index >= 15 is 0 Å². The van der Waals surface area contributed by atoms with E-state index in [-0.39, 0.29) is 0 Å². The number of aromatic nitrogens is 3. The molecular formula is C16H15N3OS. The Balaban J connectivity index is 1.75. The van der Waals surface area contributed by atoms with Crippen LogP contribution in [0.4, 0.5) is 0 Å². The van der Waals surface area contributed by atoms with Crippen molar-refractivity contribution in [2.45, 2.75) is 19.8 Å². The lowest BCUT2D eigenvalue weighted by atomic mass is 10.1. The lowest BCUT2D eigenvalue weighted by molar-refractivity contribution is 0.474. The number of pyridine rings is 1. The summed E-state index contributed by atoms with van der Waals surface area (Å²) in [5.41, 5.74) is 2.00. The van der Waals surface area contributed by atoms with Gasteiger partial charge in [0.25, 0.3) is 5.19 Å². The van der Waals surface area contributed by atoms with Crippen LogP contribution >= 0.6 is 11.5 Å². The third-order valence-corrected chi connectivity index (χ3v) is 3.56. The molecule has 106 valence electrons. The average molecular weight is 297 g/mol. The van der Waals surface area contributed by atoms with Crippen molar-refractivity contribution in [2.24, 2.45) is 0 Å². The first kappa shape index (κ1) is 13.7. The zero-order valence-corrected chi connectivity index (χ0v) is 12.7. The standard InChI is InChI=1S/C16H15N3OS/c1-11(2)15-18-16(21-19-15)20-13-8-9-14(17-10-13)12-6-4-3-5-7-12/h3-11H,1-2H3. The highest BCUT2D eigenvalue weighted by Gasteiger charge is 2.09. The average Bonchev–Trinajstić information content (AvgIpc) is 2.98. The fourth-order valence-electron chi connectivity index (χ4n) is 1.82. The second-order valence-electron chi connectivity index (χ2n) is 4.92. The van der Waals surface area contributed by atoms with Gasteiger partial charge in [-0.3, -0.25) is 4.98 Å². The molecule has 0 spiro atoms. The van der Waals surface area contributed by atoms with Crippen molar-refractivity contribution in [3.05, 3.63) is 54.5 Å². The Bertz CT molecular complexity index is 708. The Labute approximate surface area is 127 Å². The van der Waals surface area contributed by atoms with Crippen LogP contribution in [0.5, 0.6) is 10.9 Å². The largest absolute Gasteiger partial charge is 0.428 e. The van der Waals surface area contributed by atoms with Crippen molar-refractivity contribution < 1.29 is 4.74 Å². The summed E-state index contributed by atoms with van der Waals surface area (Å²) in [4.78, 5) is 8.76. The molecule has 0 aliphatic rings. The Morgan fingerprint density at radius 3 is 2.48 bits per heavy atom. The minimum atomic E-state index is 0.303. The van der Waals surface area contributed by atoms with Crippen LogP contribution in [0.15, 0.2) is 48.7 Å². The van der Waals surface area contributed by atoms with E-state index in [2.05, 4.69) is 28.2 Å². The van der Waals surface area contributed by atoms with Gasteiger partial charge in [-0.1, -0.05) is 44.2 Å². The van der Waals surface area contributed by atoms with Crippen LogP contribution in [0.25, 0.3) is 11.3 Å². The van der Waals surface area contributed by atoms with Gasteiger partial charge in [0.2, 0.25) is 0 Å². The first-order chi connectivity index (χ1) is 10.2. The Hall–Kier alpha value is -2.27. The van der Waals surface area contributed by atoms with Crippen LogP contribution in [0.1, 0.15) is 25.6 Å². The summed E-state index contributed by atoms with van der Waals surface area (Å²) < 4.78 is 9.94. The molecule has 0 N–H and O–H groups in total. The van der Waals surface area contributed by atoms with E-state index < -0.39 is 0 Å². The highest BCUT2D eigenvalue weighted by atomic mass is 32.1.